The molecule has 0 saturated heterocycles. The second kappa shape index (κ2) is 8.04. The fourth-order valence-corrected chi connectivity index (χ4v) is 2.92. The smallest absolute Gasteiger partial charge is 0.255 e. The number of primary amides is 1. The summed E-state index contributed by atoms with van der Waals surface area (Å²) in [6, 6.07) is 8.90. The lowest BCUT2D eigenvalue weighted by atomic mass is 10.0. The van der Waals surface area contributed by atoms with E-state index in [9.17, 15) is 9.59 Å². The number of carbonyl (C=O) groups is 2. The van der Waals surface area contributed by atoms with E-state index >= 15 is 0 Å². The zero-order chi connectivity index (χ0) is 20.3. The maximum atomic E-state index is 12.5. The third-order valence-electron chi connectivity index (χ3n) is 4.51. The van der Waals surface area contributed by atoms with Crippen LogP contribution >= 0.6 is 0 Å². The molecule has 3 N–H and O–H groups in total. The van der Waals surface area contributed by atoms with Crippen LogP contribution < -0.4 is 20.5 Å². The van der Waals surface area contributed by atoms with Crippen molar-refractivity contribution in [3.8, 4) is 11.5 Å². The number of nitrogens with one attached hydrogen (secondary N) is 1. The van der Waals surface area contributed by atoms with E-state index in [4.69, 9.17) is 19.6 Å². The van der Waals surface area contributed by atoms with E-state index in [0.717, 1.165) is 27.7 Å². The molecule has 3 aromatic rings. The van der Waals surface area contributed by atoms with E-state index in [1.165, 1.54) is 7.11 Å². The Morgan fingerprint density at radius 1 is 1.14 bits per heavy atom. The molecule has 7 nitrogen and oxygen atoms in total. The van der Waals surface area contributed by atoms with Crippen molar-refractivity contribution in [2.24, 2.45) is 5.73 Å². The van der Waals surface area contributed by atoms with Gasteiger partial charge in [-0.05, 0) is 37.1 Å². The van der Waals surface area contributed by atoms with Crippen LogP contribution in [0, 0.1) is 13.8 Å². The number of carbonyl (C=O) groups excluding carboxylic acids is 2. The van der Waals surface area contributed by atoms with Crippen LogP contribution in [-0.2, 0) is 16.0 Å². The number of nitrogens with two attached hydrogens (primary N) is 1. The predicted octanol–water partition coefficient (Wildman–Crippen LogP) is 3.10. The number of hydrogen-bond donors (Lipinski definition) is 2. The first kappa shape index (κ1) is 19.3. The molecule has 146 valence electrons. The maximum Gasteiger partial charge on any atom is 0.255 e. The molecule has 1 aromatic heterocycles. The molecule has 3 rings (SSSR count). The molecule has 0 radical (unpaired) electrons. The quantitative estimate of drug-likeness (QED) is 0.653. The van der Waals surface area contributed by atoms with Crippen LogP contribution in [0.4, 0.5) is 5.69 Å². The molecular formula is C21H22N2O5. The van der Waals surface area contributed by atoms with Crippen molar-refractivity contribution in [3.63, 3.8) is 0 Å². The average Bonchev–Trinajstić information content (AvgIpc) is 3.06. The van der Waals surface area contributed by atoms with Gasteiger partial charge in [0.1, 0.15) is 5.58 Å². The van der Waals surface area contributed by atoms with Gasteiger partial charge in [-0.25, -0.2) is 0 Å². The van der Waals surface area contributed by atoms with Crippen molar-refractivity contribution in [2.75, 3.05) is 19.0 Å². The Morgan fingerprint density at radius 3 is 2.64 bits per heavy atom. The summed E-state index contributed by atoms with van der Waals surface area (Å²) >= 11 is 0. The van der Waals surface area contributed by atoms with Crippen molar-refractivity contribution < 1.29 is 23.5 Å². The maximum absolute atomic E-state index is 12.5. The highest BCUT2D eigenvalue weighted by molar-refractivity contribution is 5.96. The molecule has 0 fully saturated rings. The van der Waals surface area contributed by atoms with Gasteiger partial charge < -0.3 is 24.9 Å². The number of benzene rings is 2. The molecule has 2 aromatic carbocycles. The molecule has 0 aliphatic carbocycles. The third kappa shape index (κ3) is 4.09. The molecular weight excluding hydrogens is 360 g/mol. The SMILES string of the molecule is COc1ccc(NC(=O)Cc2coc3c(C)c(C)ccc23)cc1OCC(N)=O. The molecule has 0 unspecified atom stereocenters. The van der Waals surface area contributed by atoms with E-state index in [-0.39, 0.29) is 18.9 Å². The highest BCUT2D eigenvalue weighted by Gasteiger charge is 2.14. The zero-order valence-electron chi connectivity index (χ0n) is 16.0. The number of methoxy groups -OCH3 is 1. The minimum Gasteiger partial charge on any atom is -0.493 e. The van der Waals surface area contributed by atoms with Gasteiger partial charge >= 0.3 is 0 Å². The average molecular weight is 382 g/mol. The first-order valence-electron chi connectivity index (χ1n) is 8.74. The van der Waals surface area contributed by atoms with Gasteiger partial charge in [0.05, 0.1) is 19.8 Å². The highest BCUT2D eigenvalue weighted by atomic mass is 16.5. The number of rotatable bonds is 7. The van der Waals surface area contributed by atoms with E-state index in [2.05, 4.69) is 5.32 Å². The van der Waals surface area contributed by atoms with Crippen molar-refractivity contribution in [3.05, 3.63) is 53.3 Å². The summed E-state index contributed by atoms with van der Waals surface area (Å²) < 4.78 is 16.2. The summed E-state index contributed by atoms with van der Waals surface area (Å²) in [5, 5.41) is 3.75. The van der Waals surface area contributed by atoms with Crippen LogP contribution in [0.2, 0.25) is 0 Å². The second-order valence-electron chi connectivity index (χ2n) is 6.49. The molecule has 0 bridgehead atoms. The van der Waals surface area contributed by atoms with Gasteiger partial charge in [-0.2, -0.15) is 0 Å². The standard InChI is InChI=1S/C21H22N2O5/c1-12-4-6-16-14(10-28-21(16)13(12)2)8-20(25)23-15-5-7-17(26-3)18(9-15)27-11-19(22)24/h4-7,9-10H,8,11H2,1-3H3,(H2,22,24)(H,23,25). The van der Waals surface area contributed by atoms with Crippen LogP contribution in [0.5, 0.6) is 11.5 Å². The Kier molecular flexibility index (Phi) is 5.54. The summed E-state index contributed by atoms with van der Waals surface area (Å²) in [6.45, 7) is 3.73. The Morgan fingerprint density at radius 2 is 1.93 bits per heavy atom. The van der Waals surface area contributed by atoms with Gasteiger partial charge in [0.25, 0.3) is 5.91 Å². The summed E-state index contributed by atoms with van der Waals surface area (Å²) in [4.78, 5) is 23.5. The summed E-state index contributed by atoms with van der Waals surface area (Å²) in [5.41, 5.74) is 9.45. The Labute approximate surface area is 162 Å². The van der Waals surface area contributed by atoms with Crippen LogP contribution in [0.1, 0.15) is 16.7 Å². The number of aryl methyl sites for hydroxylation is 2. The normalized spacial score (nSPS) is 10.7. The van der Waals surface area contributed by atoms with Gasteiger partial charge in [-0.3, -0.25) is 9.59 Å². The predicted molar refractivity (Wildman–Crippen MR) is 106 cm³/mol. The highest BCUT2D eigenvalue weighted by Crippen LogP contribution is 2.31. The van der Waals surface area contributed by atoms with Crippen molar-refractivity contribution >= 4 is 28.5 Å². The van der Waals surface area contributed by atoms with Gasteiger partial charge in [-0.1, -0.05) is 12.1 Å². The largest absolute Gasteiger partial charge is 0.493 e. The topological polar surface area (TPSA) is 104 Å². The molecule has 0 atom stereocenters. The van der Waals surface area contributed by atoms with Crippen molar-refractivity contribution in [2.45, 2.75) is 20.3 Å². The number of furan rings is 1. The van der Waals surface area contributed by atoms with Crippen LogP contribution in [-0.4, -0.2) is 25.5 Å². The molecule has 2 amide bonds. The zero-order valence-corrected chi connectivity index (χ0v) is 16.0. The van der Waals surface area contributed by atoms with Crippen molar-refractivity contribution in [1.82, 2.24) is 0 Å². The number of ether oxygens (including phenoxy) is 2. The summed E-state index contributed by atoms with van der Waals surface area (Å²) in [7, 11) is 1.48. The first-order valence-corrected chi connectivity index (χ1v) is 8.74. The molecule has 0 aliphatic heterocycles. The molecule has 7 heteroatoms. The second-order valence-corrected chi connectivity index (χ2v) is 6.49. The molecule has 1 heterocycles. The van der Waals surface area contributed by atoms with Crippen LogP contribution in [0.15, 0.2) is 41.0 Å². The minimum absolute atomic E-state index is 0.166. The fourth-order valence-electron chi connectivity index (χ4n) is 2.92. The van der Waals surface area contributed by atoms with E-state index < -0.39 is 5.91 Å². The van der Waals surface area contributed by atoms with E-state index in [1.807, 2.05) is 26.0 Å². The molecule has 0 saturated carbocycles. The lowest BCUT2D eigenvalue weighted by Crippen LogP contribution is -2.20. The number of anilines is 1. The lowest BCUT2D eigenvalue weighted by Gasteiger charge is -2.12. The molecule has 0 aliphatic rings. The molecule has 0 spiro atoms. The van der Waals surface area contributed by atoms with Gasteiger partial charge in [0.2, 0.25) is 5.91 Å². The van der Waals surface area contributed by atoms with Crippen LogP contribution in [0.3, 0.4) is 0 Å². The fraction of sp³-hybridized carbons (Fsp3) is 0.238. The third-order valence-corrected chi connectivity index (χ3v) is 4.51. The van der Waals surface area contributed by atoms with Crippen molar-refractivity contribution in [1.29, 1.82) is 0 Å². The van der Waals surface area contributed by atoms with Gasteiger partial charge in [-0.15, -0.1) is 0 Å². The Bertz CT molecular complexity index is 1040. The van der Waals surface area contributed by atoms with Gasteiger partial charge in [0, 0.05) is 22.7 Å². The summed E-state index contributed by atoms with van der Waals surface area (Å²) in [5.74, 6) is -0.0503. The number of fused-ring (bicyclic) bond motifs is 1. The first-order chi connectivity index (χ1) is 13.4. The number of hydrogen-bond acceptors (Lipinski definition) is 5. The summed E-state index contributed by atoms with van der Waals surface area (Å²) in [6.07, 6.45) is 1.78. The van der Waals surface area contributed by atoms with Crippen LogP contribution in [0.25, 0.3) is 11.0 Å². The number of amides is 2. The Balaban J connectivity index is 1.75. The lowest BCUT2D eigenvalue weighted by molar-refractivity contribution is -0.120. The monoisotopic (exact) mass is 382 g/mol. The van der Waals surface area contributed by atoms with Gasteiger partial charge in [0.15, 0.2) is 18.1 Å². The van der Waals surface area contributed by atoms with E-state index in [0.29, 0.717) is 17.2 Å². The van der Waals surface area contributed by atoms with E-state index in [1.54, 1.807) is 24.5 Å². The minimum atomic E-state index is -0.603. The Hall–Kier alpha value is -3.48. The molecule has 28 heavy (non-hydrogen) atoms.